The Morgan fingerprint density at radius 1 is 1.14 bits per heavy atom. The fourth-order valence-electron chi connectivity index (χ4n) is 1.44. The number of aliphatic imine (C=N–C) groups is 1. The third-order valence-corrected chi connectivity index (χ3v) is 8.28. The Labute approximate surface area is 131 Å². The highest BCUT2D eigenvalue weighted by Crippen LogP contribution is 2.36. The quantitative estimate of drug-likeness (QED) is 0.308. The number of carbonyl (C=O) groups is 1. The SMILES string of the molecule is CC(C)OC(=O)C(=NCCO[Si](C)(C)C(C)(C)C)C(C)C. The first kappa shape index (κ1) is 20.3. The molecule has 0 aliphatic rings. The summed E-state index contributed by atoms with van der Waals surface area (Å²) in [6.45, 7) is 19.7. The zero-order chi connectivity index (χ0) is 16.8. The van der Waals surface area contributed by atoms with Gasteiger partial charge in [0.05, 0.1) is 19.3 Å². The Morgan fingerprint density at radius 2 is 1.67 bits per heavy atom. The van der Waals surface area contributed by atoms with E-state index in [0.29, 0.717) is 18.9 Å². The zero-order valence-corrected chi connectivity index (χ0v) is 16.2. The third kappa shape index (κ3) is 7.22. The van der Waals surface area contributed by atoms with Gasteiger partial charge in [0, 0.05) is 5.92 Å². The molecule has 0 saturated carbocycles. The van der Waals surface area contributed by atoms with Gasteiger partial charge in [-0.05, 0) is 32.0 Å². The van der Waals surface area contributed by atoms with Crippen LogP contribution in [-0.4, -0.2) is 39.3 Å². The number of nitrogens with zero attached hydrogens (tertiary/aromatic N) is 1. The minimum atomic E-state index is -1.74. The lowest BCUT2D eigenvalue weighted by molar-refractivity contribution is -0.139. The molecule has 0 spiro atoms. The molecule has 21 heavy (non-hydrogen) atoms. The maximum Gasteiger partial charge on any atom is 0.352 e. The molecule has 0 heterocycles. The third-order valence-electron chi connectivity index (χ3n) is 3.74. The molecule has 0 atom stereocenters. The van der Waals surface area contributed by atoms with Crippen LogP contribution in [0.15, 0.2) is 4.99 Å². The number of hydrogen-bond acceptors (Lipinski definition) is 4. The van der Waals surface area contributed by atoms with E-state index in [1.165, 1.54) is 0 Å². The van der Waals surface area contributed by atoms with Crippen molar-refractivity contribution in [3.05, 3.63) is 0 Å². The molecular formula is C16H33NO3Si. The van der Waals surface area contributed by atoms with Crippen LogP contribution in [0, 0.1) is 5.92 Å². The van der Waals surface area contributed by atoms with E-state index in [4.69, 9.17) is 9.16 Å². The van der Waals surface area contributed by atoms with E-state index in [1.54, 1.807) is 0 Å². The van der Waals surface area contributed by atoms with Crippen LogP contribution in [-0.2, 0) is 14.0 Å². The van der Waals surface area contributed by atoms with Crippen molar-refractivity contribution < 1.29 is 14.0 Å². The molecule has 0 radical (unpaired) electrons. The van der Waals surface area contributed by atoms with Crippen molar-refractivity contribution in [3.8, 4) is 0 Å². The molecule has 0 amide bonds. The van der Waals surface area contributed by atoms with Gasteiger partial charge in [-0.25, -0.2) is 4.79 Å². The maximum atomic E-state index is 12.0. The van der Waals surface area contributed by atoms with Gasteiger partial charge in [-0.15, -0.1) is 0 Å². The Hall–Kier alpha value is -0.683. The number of ether oxygens (including phenoxy) is 1. The molecule has 0 unspecified atom stereocenters. The van der Waals surface area contributed by atoms with E-state index in [1.807, 2.05) is 27.7 Å². The first-order chi connectivity index (χ1) is 9.38. The second-order valence-electron chi connectivity index (χ2n) is 7.48. The van der Waals surface area contributed by atoms with Crippen molar-refractivity contribution in [2.75, 3.05) is 13.2 Å². The van der Waals surface area contributed by atoms with Gasteiger partial charge < -0.3 is 9.16 Å². The van der Waals surface area contributed by atoms with Gasteiger partial charge in [0.2, 0.25) is 0 Å². The van der Waals surface area contributed by atoms with Crippen molar-refractivity contribution >= 4 is 20.0 Å². The van der Waals surface area contributed by atoms with Crippen LogP contribution in [0.5, 0.6) is 0 Å². The summed E-state index contributed by atoms with van der Waals surface area (Å²) in [6.07, 6.45) is -0.120. The molecule has 124 valence electrons. The van der Waals surface area contributed by atoms with Crippen molar-refractivity contribution in [1.82, 2.24) is 0 Å². The van der Waals surface area contributed by atoms with Crippen molar-refractivity contribution in [1.29, 1.82) is 0 Å². The van der Waals surface area contributed by atoms with E-state index in [2.05, 4.69) is 38.9 Å². The molecule has 0 saturated heterocycles. The van der Waals surface area contributed by atoms with Crippen LogP contribution in [0.4, 0.5) is 0 Å². The van der Waals surface area contributed by atoms with Crippen LogP contribution in [0.3, 0.4) is 0 Å². The first-order valence-corrected chi connectivity index (χ1v) is 10.7. The summed E-state index contributed by atoms with van der Waals surface area (Å²) in [5, 5.41) is 0.189. The molecule has 0 aromatic heterocycles. The monoisotopic (exact) mass is 315 g/mol. The molecule has 4 nitrogen and oxygen atoms in total. The normalized spacial score (nSPS) is 14.0. The summed E-state index contributed by atoms with van der Waals surface area (Å²) in [5.74, 6) is -0.253. The van der Waals surface area contributed by atoms with E-state index in [9.17, 15) is 4.79 Å². The summed E-state index contributed by atoms with van der Waals surface area (Å²) in [7, 11) is -1.74. The lowest BCUT2D eigenvalue weighted by Crippen LogP contribution is -2.41. The number of hydrogen-bond donors (Lipinski definition) is 0. The van der Waals surface area contributed by atoms with Crippen LogP contribution < -0.4 is 0 Å². The predicted molar refractivity (Wildman–Crippen MR) is 91.5 cm³/mol. The number of esters is 1. The van der Waals surface area contributed by atoms with Gasteiger partial charge >= 0.3 is 5.97 Å². The Balaban J connectivity index is 4.58. The highest BCUT2D eigenvalue weighted by molar-refractivity contribution is 6.74. The van der Waals surface area contributed by atoms with E-state index >= 15 is 0 Å². The molecule has 0 aromatic rings. The van der Waals surface area contributed by atoms with Crippen LogP contribution >= 0.6 is 0 Å². The summed E-state index contributed by atoms with van der Waals surface area (Å²) in [4.78, 5) is 16.4. The van der Waals surface area contributed by atoms with Gasteiger partial charge in [-0.2, -0.15) is 0 Å². The smallest absolute Gasteiger partial charge is 0.352 e. The average Bonchev–Trinajstić information content (AvgIpc) is 2.25. The summed E-state index contributed by atoms with van der Waals surface area (Å²) < 4.78 is 11.3. The minimum Gasteiger partial charge on any atom is -0.458 e. The number of carbonyl (C=O) groups excluding carboxylic acids is 1. The van der Waals surface area contributed by atoms with Crippen molar-refractivity contribution in [2.24, 2.45) is 10.9 Å². The molecule has 0 aliphatic heterocycles. The Kier molecular flexibility index (Phi) is 7.82. The van der Waals surface area contributed by atoms with Gasteiger partial charge in [-0.1, -0.05) is 34.6 Å². The lowest BCUT2D eigenvalue weighted by atomic mass is 10.1. The number of rotatable bonds is 7. The average molecular weight is 316 g/mol. The largest absolute Gasteiger partial charge is 0.458 e. The lowest BCUT2D eigenvalue weighted by Gasteiger charge is -2.36. The molecule has 0 bridgehead atoms. The van der Waals surface area contributed by atoms with Crippen LogP contribution in [0.2, 0.25) is 18.1 Å². The Bertz CT molecular complexity index is 368. The van der Waals surface area contributed by atoms with Crippen LogP contribution in [0.1, 0.15) is 48.5 Å². The topological polar surface area (TPSA) is 47.9 Å². The highest BCUT2D eigenvalue weighted by Gasteiger charge is 2.36. The predicted octanol–water partition coefficient (Wildman–Crippen LogP) is 4.06. The van der Waals surface area contributed by atoms with Crippen molar-refractivity contribution in [3.63, 3.8) is 0 Å². The molecule has 0 N–H and O–H groups in total. The standard InChI is InChI=1S/C16H33NO3Si/c1-12(2)14(15(18)20-13(3)4)17-10-11-19-21(8,9)16(5,6)7/h12-13H,10-11H2,1-9H3. The zero-order valence-electron chi connectivity index (χ0n) is 15.2. The van der Waals surface area contributed by atoms with Crippen LogP contribution in [0.25, 0.3) is 0 Å². The summed E-state index contributed by atoms with van der Waals surface area (Å²) in [6, 6.07) is 0. The van der Waals surface area contributed by atoms with Gasteiger partial charge in [-0.3, -0.25) is 4.99 Å². The molecule has 0 aliphatic carbocycles. The summed E-state index contributed by atoms with van der Waals surface area (Å²) >= 11 is 0. The highest BCUT2D eigenvalue weighted by atomic mass is 28.4. The second-order valence-corrected chi connectivity index (χ2v) is 12.3. The first-order valence-electron chi connectivity index (χ1n) is 7.77. The fourth-order valence-corrected chi connectivity index (χ4v) is 2.48. The second kappa shape index (κ2) is 8.08. The van der Waals surface area contributed by atoms with Gasteiger partial charge in [0.25, 0.3) is 0 Å². The minimum absolute atomic E-state index is 0.0594. The Morgan fingerprint density at radius 3 is 2.05 bits per heavy atom. The molecule has 0 aromatic carbocycles. The molecule has 0 rings (SSSR count). The van der Waals surface area contributed by atoms with Gasteiger partial charge in [0.15, 0.2) is 8.32 Å². The van der Waals surface area contributed by atoms with E-state index in [-0.39, 0.29) is 23.0 Å². The van der Waals surface area contributed by atoms with Crippen molar-refractivity contribution in [2.45, 2.75) is 72.7 Å². The molecule has 0 fully saturated rings. The maximum absolute atomic E-state index is 12.0. The molecule has 5 heteroatoms. The van der Waals surface area contributed by atoms with E-state index < -0.39 is 8.32 Å². The van der Waals surface area contributed by atoms with Gasteiger partial charge in [0.1, 0.15) is 5.71 Å². The molecular weight excluding hydrogens is 282 g/mol. The van der Waals surface area contributed by atoms with E-state index in [0.717, 1.165) is 0 Å². The summed E-state index contributed by atoms with van der Waals surface area (Å²) in [5.41, 5.74) is 0.502. The fraction of sp³-hybridized carbons (Fsp3) is 0.875.